The molecule has 0 heterocycles. The van der Waals surface area contributed by atoms with Gasteiger partial charge in [-0.1, -0.05) is 80.9 Å². The lowest BCUT2D eigenvalue weighted by Gasteiger charge is -2.23. The topological polar surface area (TPSA) is 87.7 Å². The van der Waals surface area contributed by atoms with Gasteiger partial charge in [0.1, 0.15) is 5.75 Å². The van der Waals surface area contributed by atoms with E-state index in [1.54, 1.807) is 30.3 Å². The Balaban J connectivity index is 1.77. The Morgan fingerprint density at radius 3 is 2.21 bits per heavy atom. The minimum atomic E-state index is -1.10. The molecule has 0 aliphatic rings. The van der Waals surface area contributed by atoms with E-state index in [0.29, 0.717) is 39.0 Å². The summed E-state index contributed by atoms with van der Waals surface area (Å²) in [5.74, 6) is -0.0298. The zero-order valence-corrected chi connectivity index (χ0v) is 22.4. The third-order valence-corrected chi connectivity index (χ3v) is 6.29. The highest BCUT2D eigenvalue weighted by molar-refractivity contribution is 6.31. The van der Waals surface area contributed by atoms with E-state index in [1.807, 2.05) is 55.5 Å². The van der Waals surface area contributed by atoms with Crippen molar-refractivity contribution < 1.29 is 19.4 Å². The molecular formula is C31H29ClN2O4. The van der Waals surface area contributed by atoms with Crippen molar-refractivity contribution >= 4 is 35.0 Å². The average molecular weight is 529 g/mol. The first-order chi connectivity index (χ1) is 18.0. The maximum Gasteiger partial charge on any atom is 0.336 e. The van der Waals surface area contributed by atoms with Gasteiger partial charge in [-0.25, -0.2) is 9.59 Å². The van der Waals surface area contributed by atoms with Crippen molar-refractivity contribution in [1.82, 2.24) is 0 Å². The van der Waals surface area contributed by atoms with Gasteiger partial charge in [0.25, 0.3) is 0 Å². The van der Waals surface area contributed by atoms with Gasteiger partial charge in [-0.2, -0.15) is 0 Å². The summed E-state index contributed by atoms with van der Waals surface area (Å²) in [6.45, 7) is 8.20. The Bertz CT molecular complexity index is 1510. The van der Waals surface area contributed by atoms with E-state index in [2.05, 4.69) is 31.4 Å². The number of aromatic carboxylic acids is 1. The summed E-state index contributed by atoms with van der Waals surface area (Å²) >= 11 is 6.06. The number of aryl methyl sites for hydroxylation is 1. The third-order valence-electron chi connectivity index (χ3n) is 6.06. The molecule has 0 unspecified atom stereocenters. The Labute approximate surface area is 227 Å². The molecule has 6 nitrogen and oxygen atoms in total. The lowest BCUT2D eigenvalue weighted by atomic mass is 9.86. The van der Waals surface area contributed by atoms with Gasteiger partial charge in [0.05, 0.1) is 11.3 Å². The predicted octanol–water partition coefficient (Wildman–Crippen LogP) is 8.75. The molecule has 7 heteroatoms. The van der Waals surface area contributed by atoms with Crippen LogP contribution in [-0.2, 0) is 5.41 Å². The van der Waals surface area contributed by atoms with E-state index >= 15 is 0 Å². The van der Waals surface area contributed by atoms with Crippen molar-refractivity contribution in [3.63, 3.8) is 0 Å². The molecule has 0 aliphatic carbocycles. The van der Waals surface area contributed by atoms with Gasteiger partial charge in [0.15, 0.2) is 5.75 Å². The second-order valence-electron chi connectivity index (χ2n) is 9.95. The van der Waals surface area contributed by atoms with E-state index in [1.165, 1.54) is 6.07 Å². The number of rotatable bonds is 6. The molecule has 0 aromatic heterocycles. The van der Waals surface area contributed by atoms with Crippen LogP contribution in [0.4, 0.5) is 16.2 Å². The fraction of sp³-hybridized carbons (Fsp3) is 0.161. The summed E-state index contributed by atoms with van der Waals surface area (Å²) in [6, 6.07) is 24.6. The number of amides is 2. The monoisotopic (exact) mass is 528 g/mol. The lowest BCUT2D eigenvalue weighted by molar-refractivity contribution is 0.0697. The molecular weight excluding hydrogens is 500 g/mol. The number of benzene rings is 4. The number of urea groups is 1. The number of nitrogens with one attached hydrogen (secondary N) is 2. The van der Waals surface area contributed by atoms with Crippen LogP contribution < -0.4 is 15.4 Å². The smallest absolute Gasteiger partial charge is 0.336 e. The number of anilines is 2. The zero-order chi connectivity index (χ0) is 27.4. The highest BCUT2D eigenvalue weighted by Gasteiger charge is 2.21. The summed E-state index contributed by atoms with van der Waals surface area (Å²) in [5.41, 5.74) is 3.90. The SMILES string of the molecule is Cc1ccccc1NC(=O)Nc1cc(-c2ccc(Cl)cc2C(=O)O)ccc1Oc1ccccc1C(C)(C)C. The number of carboxylic acid groups (broad SMARTS) is 1. The van der Waals surface area contributed by atoms with Crippen LogP contribution in [0.5, 0.6) is 11.5 Å². The van der Waals surface area contributed by atoms with Gasteiger partial charge in [-0.15, -0.1) is 0 Å². The fourth-order valence-electron chi connectivity index (χ4n) is 4.11. The van der Waals surface area contributed by atoms with Crippen LogP contribution in [0.15, 0.2) is 84.9 Å². The molecule has 4 aromatic carbocycles. The number of carbonyl (C=O) groups is 2. The van der Waals surface area contributed by atoms with E-state index in [9.17, 15) is 14.7 Å². The van der Waals surface area contributed by atoms with E-state index < -0.39 is 12.0 Å². The number of ether oxygens (including phenoxy) is 1. The number of carbonyl (C=O) groups excluding carboxylic acids is 1. The number of hydrogen-bond donors (Lipinski definition) is 3. The average Bonchev–Trinajstić information content (AvgIpc) is 2.86. The molecule has 0 fully saturated rings. The minimum absolute atomic E-state index is 0.0551. The molecule has 0 bridgehead atoms. The van der Waals surface area contributed by atoms with Gasteiger partial charge in [-0.05, 0) is 65.4 Å². The molecule has 0 aliphatic heterocycles. The molecule has 4 rings (SSSR count). The second-order valence-corrected chi connectivity index (χ2v) is 10.4. The van der Waals surface area contributed by atoms with Crippen molar-refractivity contribution in [2.75, 3.05) is 10.6 Å². The first-order valence-electron chi connectivity index (χ1n) is 12.1. The third kappa shape index (κ3) is 6.15. The zero-order valence-electron chi connectivity index (χ0n) is 21.6. The molecule has 194 valence electrons. The summed E-state index contributed by atoms with van der Waals surface area (Å²) in [4.78, 5) is 25.0. The predicted molar refractivity (Wildman–Crippen MR) is 153 cm³/mol. The minimum Gasteiger partial charge on any atom is -0.478 e. The summed E-state index contributed by atoms with van der Waals surface area (Å²) in [5, 5.41) is 15.8. The maximum atomic E-state index is 13.0. The largest absolute Gasteiger partial charge is 0.478 e. The van der Waals surface area contributed by atoms with Gasteiger partial charge in [0, 0.05) is 16.3 Å². The van der Waals surface area contributed by atoms with Crippen molar-refractivity contribution in [3.8, 4) is 22.6 Å². The van der Waals surface area contributed by atoms with Crippen LogP contribution in [0.3, 0.4) is 0 Å². The Hall–Kier alpha value is -4.29. The molecule has 4 aromatic rings. The molecule has 3 N–H and O–H groups in total. The summed E-state index contributed by atoms with van der Waals surface area (Å²) in [7, 11) is 0. The van der Waals surface area contributed by atoms with Gasteiger partial charge in [0.2, 0.25) is 0 Å². The van der Waals surface area contributed by atoms with Crippen LogP contribution in [0.25, 0.3) is 11.1 Å². The molecule has 0 saturated heterocycles. The van der Waals surface area contributed by atoms with E-state index in [0.717, 1.165) is 11.1 Å². The Morgan fingerprint density at radius 2 is 1.50 bits per heavy atom. The van der Waals surface area contributed by atoms with Crippen LogP contribution >= 0.6 is 11.6 Å². The van der Waals surface area contributed by atoms with Crippen molar-refractivity contribution in [3.05, 3.63) is 107 Å². The van der Waals surface area contributed by atoms with Crippen LogP contribution in [0, 0.1) is 6.92 Å². The molecule has 0 atom stereocenters. The second kappa shape index (κ2) is 11.0. The number of hydrogen-bond acceptors (Lipinski definition) is 3. The lowest BCUT2D eigenvalue weighted by Crippen LogP contribution is -2.20. The quantitative estimate of drug-likeness (QED) is 0.233. The molecule has 0 spiro atoms. The summed E-state index contributed by atoms with van der Waals surface area (Å²) < 4.78 is 6.35. The summed E-state index contributed by atoms with van der Waals surface area (Å²) in [6.07, 6.45) is 0. The first-order valence-corrected chi connectivity index (χ1v) is 12.5. The normalized spacial score (nSPS) is 11.1. The van der Waals surface area contributed by atoms with E-state index in [4.69, 9.17) is 16.3 Å². The van der Waals surface area contributed by atoms with Gasteiger partial charge < -0.3 is 20.5 Å². The highest BCUT2D eigenvalue weighted by Crippen LogP contribution is 2.39. The molecule has 0 saturated carbocycles. The number of carboxylic acids is 1. The molecule has 38 heavy (non-hydrogen) atoms. The van der Waals surface area contributed by atoms with Crippen molar-refractivity contribution in [2.45, 2.75) is 33.1 Å². The standard InChI is InChI=1S/C31H29ClN2O4/c1-19-9-5-7-11-25(19)33-30(37)34-26-17-20(22-15-14-21(32)18-23(22)29(35)36)13-16-28(26)38-27-12-8-6-10-24(27)31(2,3)4/h5-18H,1-4H3,(H,35,36)(H2,33,34,37). The van der Waals surface area contributed by atoms with Crippen molar-refractivity contribution in [1.29, 1.82) is 0 Å². The van der Waals surface area contributed by atoms with Crippen molar-refractivity contribution in [2.24, 2.45) is 0 Å². The van der Waals surface area contributed by atoms with Crippen LogP contribution in [-0.4, -0.2) is 17.1 Å². The molecule has 2 amide bonds. The Morgan fingerprint density at radius 1 is 0.816 bits per heavy atom. The van der Waals surface area contributed by atoms with E-state index in [-0.39, 0.29) is 11.0 Å². The molecule has 0 radical (unpaired) electrons. The van der Waals surface area contributed by atoms with Crippen LogP contribution in [0.1, 0.15) is 42.3 Å². The number of halogens is 1. The maximum absolute atomic E-state index is 13.0. The fourth-order valence-corrected chi connectivity index (χ4v) is 4.28. The Kier molecular flexibility index (Phi) is 7.74. The van der Waals surface area contributed by atoms with Gasteiger partial charge in [-0.3, -0.25) is 0 Å². The van der Waals surface area contributed by atoms with Crippen LogP contribution in [0.2, 0.25) is 5.02 Å². The highest BCUT2D eigenvalue weighted by atomic mass is 35.5. The number of para-hydroxylation sites is 2. The first kappa shape index (κ1) is 26.8. The van der Waals surface area contributed by atoms with Gasteiger partial charge >= 0.3 is 12.0 Å².